The molecule has 0 radical (unpaired) electrons. The molecule has 0 bridgehead atoms. The molecule has 146 valence electrons. The van der Waals surface area contributed by atoms with Gasteiger partial charge in [0.05, 0.1) is 0 Å². The van der Waals surface area contributed by atoms with Crippen LogP contribution in [-0.2, 0) is 6.54 Å². The van der Waals surface area contributed by atoms with Crippen molar-refractivity contribution in [3.05, 3.63) is 35.9 Å². The van der Waals surface area contributed by atoms with E-state index in [1.165, 1.54) is 18.4 Å². The summed E-state index contributed by atoms with van der Waals surface area (Å²) >= 11 is 0. The van der Waals surface area contributed by atoms with Crippen LogP contribution in [0.5, 0.6) is 0 Å². The quantitative estimate of drug-likeness (QED) is 0.439. The van der Waals surface area contributed by atoms with E-state index >= 15 is 0 Å². The smallest absolute Gasteiger partial charge is 0.193 e. The van der Waals surface area contributed by atoms with Crippen molar-refractivity contribution in [2.24, 2.45) is 4.99 Å². The molecule has 0 unspecified atom stereocenters. The van der Waals surface area contributed by atoms with E-state index in [1.807, 2.05) is 7.05 Å². The van der Waals surface area contributed by atoms with E-state index in [4.69, 9.17) is 0 Å². The fourth-order valence-electron chi connectivity index (χ4n) is 3.24. The highest BCUT2D eigenvalue weighted by Gasteiger charge is 2.19. The molecule has 1 fully saturated rings. The predicted molar refractivity (Wildman–Crippen MR) is 112 cm³/mol. The lowest BCUT2D eigenvalue weighted by Crippen LogP contribution is -2.52. The van der Waals surface area contributed by atoms with Crippen molar-refractivity contribution in [3.63, 3.8) is 0 Å². The molecule has 26 heavy (non-hydrogen) atoms. The molecule has 1 aromatic carbocycles. The number of rotatable bonds is 8. The number of nitrogens with zero attached hydrogens (tertiary/aromatic N) is 4. The summed E-state index contributed by atoms with van der Waals surface area (Å²) < 4.78 is 0. The van der Waals surface area contributed by atoms with Crippen molar-refractivity contribution in [3.8, 4) is 0 Å². The van der Waals surface area contributed by atoms with E-state index in [0.29, 0.717) is 6.04 Å². The molecule has 2 rings (SSSR count). The summed E-state index contributed by atoms with van der Waals surface area (Å²) in [6.07, 6.45) is 2.41. The maximum Gasteiger partial charge on any atom is 0.193 e. The molecule has 1 aromatic rings. The Hall–Kier alpha value is -1.59. The third-order valence-corrected chi connectivity index (χ3v) is 5.23. The largest absolute Gasteiger partial charge is 0.356 e. The molecule has 1 heterocycles. The van der Waals surface area contributed by atoms with Gasteiger partial charge in [-0.25, -0.2) is 0 Å². The second-order valence-electron chi connectivity index (χ2n) is 7.50. The van der Waals surface area contributed by atoms with Crippen LogP contribution in [0.1, 0.15) is 32.3 Å². The third-order valence-electron chi connectivity index (χ3n) is 5.23. The second-order valence-corrected chi connectivity index (χ2v) is 7.50. The Morgan fingerprint density at radius 2 is 1.81 bits per heavy atom. The molecule has 0 atom stereocenters. The van der Waals surface area contributed by atoms with Crippen molar-refractivity contribution in [2.45, 2.75) is 39.3 Å². The minimum absolute atomic E-state index is 0.628. The molecule has 1 aliphatic rings. The average molecular weight is 360 g/mol. The number of guanidine groups is 1. The van der Waals surface area contributed by atoms with Crippen LogP contribution < -0.4 is 5.32 Å². The number of piperazine rings is 1. The van der Waals surface area contributed by atoms with Crippen molar-refractivity contribution in [2.75, 3.05) is 53.4 Å². The molecule has 0 aromatic heterocycles. The number of unbranched alkanes of at least 4 members (excludes halogenated alkanes) is 1. The minimum Gasteiger partial charge on any atom is -0.356 e. The molecule has 5 nitrogen and oxygen atoms in total. The predicted octanol–water partition coefficient (Wildman–Crippen LogP) is 2.50. The van der Waals surface area contributed by atoms with Crippen LogP contribution in [0.25, 0.3) is 0 Å². The number of nitrogens with one attached hydrogen (secondary N) is 1. The van der Waals surface area contributed by atoms with Gasteiger partial charge in [0.15, 0.2) is 5.96 Å². The molecule has 1 aliphatic heterocycles. The van der Waals surface area contributed by atoms with Crippen LogP contribution in [0, 0.1) is 0 Å². The van der Waals surface area contributed by atoms with E-state index in [2.05, 4.69) is 76.2 Å². The van der Waals surface area contributed by atoms with Crippen LogP contribution in [0.2, 0.25) is 0 Å². The Morgan fingerprint density at radius 1 is 1.12 bits per heavy atom. The first-order valence-corrected chi connectivity index (χ1v) is 10.0. The normalized spacial score (nSPS) is 16.5. The van der Waals surface area contributed by atoms with Crippen molar-refractivity contribution in [1.82, 2.24) is 20.0 Å². The maximum atomic E-state index is 4.48. The van der Waals surface area contributed by atoms with Crippen molar-refractivity contribution >= 4 is 5.96 Å². The van der Waals surface area contributed by atoms with Crippen molar-refractivity contribution < 1.29 is 0 Å². The molecular weight excluding hydrogens is 322 g/mol. The Bertz CT molecular complexity index is 520. The summed E-state index contributed by atoms with van der Waals surface area (Å²) in [6.45, 7) is 12.0. The van der Waals surface area contributed by atoms with Crippen LogP contribution in [-0.4, -0.2) is 80.1 Å². The third kappa shape index (κ3) is 6.96. The highest BCUT2D eigenvalue weighted by atomic mass is 15.3. The maximum absolute atomic E-state index is 4.48. The zero-order valence-electron chi connectivity index (χ0n) is 17.1. The first-order chi connectivity index (χ1) is 12.6. The molecule has 0 spiro atoms. The molecule has 1 saturated heterocycles. The lowest BCUT2D eigenvalue weighted by molar-refractivity contribution is 0.172. The highest BCUT2D eigenvalue weighted by molar-refractivity contribution is 5.79. The van der Waals surface area contributed by atoms with Crippen LogP contribution >= 0.6 is 0 Å². The molecule has 0 amide bonds. The topological polar surface area (TPSA) is 34.1 Å². The zero-order chi connectivity index (χ0) is 18.8. The van der Waals surface area contributed by atoms with Crippen LogP contribution in [0.15, 0.2) is 35.3 Å². The van der Waals surface area contributed by atoms with Gasteiger partial charge >= 0.3 is 0 Å². The molecule has 0 saturated carbocycles. The molecule has 5 heteroatoms. The van der Waals surface area contributed by atoms with Crippen LogP contribution in [0.3, 0.4) is 0 Å². The fourth-order valence-corrected chi connectivity index (χ4v) is 3.24. The van der Waals surface area contributed by atoms with Gasteiger partial charge in [0, 0.05) is 52.4 Å². The SMILES string of the molecule is CN=C(NCCCCN(C)C(C)C)N1CCN(Cc2ccccc2)CC1. The zero-order valence-corrected chi connectivity index (χ0v) is 17.1. The summed E-state index contributed by atoms with van der Waals surface area (Å²) in [5.74, 6) is 1.06. The number of benzene rings is 1. The standard InChI is InChI=1S/C21H37N5/c1-19(2)24(4)13-9-8-12-23-21(22-3)26-16-14-25(15-17-26)18-20-10-6-5-7-11-20/h5-7,10-11,19H,8-9,12-18H2,1-4H3,(H,22,23). The van der Waals surface area contributed by atoms with Gasteiger partial charge in [-0.1, -0.05) is 30.3 Å². The Morgan fingerprint density at radius 3 is 2.42 bits per heavy atom. The van der Waals surface area contributed by atoms with Crippen LogP contribution in [0.4, 0.5) is 0 Å². The summed E-state index contributed by atoms with van der Waals surface area (Å²) in [5, 5.41) is 3.55. The summed E-state index contributed by atoms with van der Waals surface area (Å²) in [5.41, 5.74) is 1.40. The van der Waals surface area contributed by atoms with Gasteiger partial charge in [0.1, 0.15) is 0 Å². The van der Waals surface area contributed by atoms with E-state index < -0.39 is 0 Å². The van der Waals surface area contributed by atoms with Gasteiger partial charge < -0.3 is 15.1 Å². The molecular formula is C21H37N5. The first-order valence-electron chi connectivity index (χ1n) is 10.0. The number of hydrogen-bond acceptors (Lipinski definition) is 3. The lowest BCUT2D eigenvalue weighted by Gasteiger charge is -2.36. The van der Waals surface area contributed by atoms with Gasteiger partial charge in [-0.3, -0.25) is 9.89 Å². The monoisotopic (exact) mass is 359 g/mol. The Balaban J connectivity index is 1.65. The van der Waals surface area contributed by atoms with Gasteiger partial charge in [-0.2, -0.15) is 0 Å². The lowest BCUT2D eigenvalue weighted by atomic mass is 10.2. The molecule has 1 N–H and O–H groups in total. The van der Waals surface area contributed by atoms with Gasteiger partial charge in [-0.05, 0) is 45.8 Å². The van der Waals surface area contributed by atoms with E-state index in [-0.39, 0.29) is 0 Å². The van der Waals surface area contributed by atoms with E-state index in [0.717, 1.165) is 51.8 Å². The fraction of sp³-hybridized carbons (Fsp3) is 0.667. The number of hydrogen-bond donors (Lipinski definition) is 1. The van der Waals surface area contributed by atoms with Gasteiger partial charge in [0.2, 0.25) is 0 Å². The van der Waals surface area contributed by atoms with E-state index in [9.17, 15) is 0 Å². The van der Waals surface area contributed by atoms with Gasteiger partial charge in [0.25, 0.3) is 0 Å². The summed E-state index contributed by atoms with van der Waals surface area (Å²) in [7, 11) is 4.09. The Labute approximate surface area is 160 Å². The summed E-state index contributed by atoms with van der Waals surface area (Å²) in [4.78, 5) is 11.8. The summed E-state index contributed by atoms with van der Waals surface area (Å²) in [6, 6.07) is 11.4. The van der Waals surface area contributed by atoms with Gasteiger partial charge in [-0.15, -0.1) is 0 Å². The molecule has 0 aliphatic carbocycles. The highest BCUT2D eigenvalue weighted by Crippen LogP contribution is 2.08. The second kappa shape index (κ2) is 11.2. The van der Waals surface area contributed by atoms with Crippen molar-refractivity contribution in [1.29, 1.82) is 0 Å². The first kappa shape index (κ1) is 20.7. The minimum atomic E-state index is 0.628. The Kier molecular flexibility index (Phi) is 8.92. The number of aliphatic imine (C=N–C) groups is 1. The van der Waals surface area contributed by atoms with E-state index in [1.54, 1.807) is 0 Å². The average Bonchev–Trinajstić information content (AvgIpc) is 2.66.